The van der Waals surface area contributed by atoms with Crippen molar-refractivity contribution in [3.8, 4) is 16.9 Å². The molecule has 1 saturated heterocycles. The number of hydrazine groups is 1. The Labute approximate surface area is 230 Å². The van der Waals surface area contributed by atoms with Gasteiger partial charge in [-0.05, 0) is 54.7 Å². The summed E-state index contributed by atoms with van der Waals surface area (Å²) in [5.41, 5.74) is 5.18. The van der Waals surface area contributed by atoms with Crippen LogP contribution in [-0.4, -0.2) is 35.8 Å². The Morgan fingerprint density at radius 2 is 1.74 bits per heavy atom. The zero-order valence-electron chi connectivity index (χ0n) is 19.3. The van der Waals surface area contributed by atoms with E-state index in [1.165, 1.54) is 12.1 Å². The summed E-state index contributed by atoms with van der Waals surface area (Å²) in [6, 6.07) is 21.8. The van der Waals surface area contributed by atoms with Crippen molar-refractivity contribution in [3.05, 3.63) is 116 Å². The van der Waals surface area contributed by atoms with E-state index in [1.807, 2.05) is 30.3 Å². The van der Waals surface area contributed by atoms with E-state index >= 15 is 0 Å². The molecule has 38 heavy (non-hydrogen) atoms. The minimum atomic E-state index is -0.573. The molecule has 0 atom stereocenters. The van der Waals surface area contributed by atoms with Gasteiger partial charge in [-0.1, -0.05) is 53.7 Å². The van der Waals surface area contributed by atoms with E-state index in [9.17, 15) is 19.7 Å². The molecule has 2 amide bonds. The molecule has 5 rings (SSSR count). The van der Waals surface area contributed by atoms with Crippen molar-refractivity contribution >= 4 is 63.5 Å². The van der Waals surface area contributed by atoms with Gasteiger partial charge in [-0.15, -0.1) is 0 Å². The molecule has 12 heteroatoms. The summed E-state index contributed by atoms with van der Waals surface area (Å²) in [7, 11) is 0. The van der Waals surface area contributed by atoms with E-state index in [1.54, 1.807) is 53.4 Å². The van der Waals surface area contributed by atoms with Gasteiger partial charge in [-0.3, -0.25) is 25.1 Å². The van der Waals surface area contributed by atoms with Gasteiger partial charge in [-0.25, -0.2) is 4.68 Å². The van der Waals surface area contributed by atoms with Gasteiger partial charge in [0.1, 0.15) is 0 Å². The summed E-state index contributed by atoms with van der Waals surface area (Å²) < 4.78 is 1.80. The van der Waals surface area contributed by atoms with Crippen molar-refractivity contribution in [1.29, 1.82) is 0 Å². The van der Waals surface area contributed by atoms with Gasteiger partial charge in [0.05, 0.1) is 31.8 Å². The molecule has 0 saturated carbocycles. The zero-order chi connectivity index (χ0) is 26.8. The van der Waals surface area contributed by atoms with E-state index in [4.69, 9.17) is 23.8 Å². The van der Waals surface area contributed by atoms with E-state index in [0.717, 1.165) is 22.5 Å². The summed E-state index contributed by atoms with van der Waals surface area (Å²) in [5, 5.41) is 17.0. The predicted molar refractivity (Wildman–Crippen MR) is 150 cm³/mol. The Kier molecular flexibility index (Phi) is 7.05. The lowest BCUT2D eigenvalue weighted by Gasteiger charge is -2.16. The fourth-order valence-electron chi connectivity index (χ4n) is 3.68. The van der Waals surface area contributed by atoms with Crippen LogP contribution in [0.25, 0.3) is 23.0 Å². The van der Waals surface area contributed by atoms with E-state index < -0.39 is 16.7 Å². The number of nitrogens with one attached hydrogen (secondary N) is 1. The lowest BCUT2D eigenvalue weighted by Crippen LogP contribution is -2.44. The van der Waals surface area contributed by atoms with Gasteiger partial charge >= 0.3 is 0 Å². The largest absolute Gasteiger partial charge is 0.285 e. The second-order valence-electron chi connectivity index (χ2n) is 7.96. The molecule has 0 aliphatic carbocycles. The number of non-ortho nitro benzene ring substituents is 1. The second-order valence-corrected chi connectivity index (χ2v) is 10.0. The van der Waals surface area contributed by atoms with Crippen LogP contribution in [0.5, 0.6) is 0 Å². The molecule has 0 unspecified atom stereocenters. The summed E-state index contributed by atoms with van der Waals surface area (Å²) >= 11 is 12.5. The molecule has 1 aliphatic heterocycles. The van der Waals surface area contributed by atoms with Crippen LogP contribution >= 0.6 is 35.6 Å². The summed E-state index contributed by atoms with van der Waals surface area (Å²) in [6.07, 6.45) is 3.38. The van der Waals surface area contributed by atoms with Crippen molar-refractivity contribution in [2.24, 2.45) is 0 Å². The van der Waals surface area contributed by atoms with Crippen molar-refractivity contribution in [3.63, 3.8) is 0 Å². The number of nitrogens with zero attached hydrogens (tertiary/aromatic N) is 4. The van der Waals surface area contributed by atoms with Crippen molar-refractivity contribution in [2.45, 2.75) is 0 Å². The topological polar surface area (TPSA) is 110 Å². The minimum absolute atomic E-state index is 0.0482. The molecule has 4 aromatic rings. The molecule has 0 bridgehead atoms. The highest BCUT2D eigenvalue weighted by molar-refractivity contribution is 8.26. The molecule has 9 nitrogen and oxygen atoms in total. The molecule has 3 aromatic carbocycles. The van der Waals surface area contributed by atoms with Gasteiger partial charge in [-0.2, -0.15) is 10.1 Å². The van der Waals surface area contributed by atoms with Crippen molar-refractivity contribution in [1.82, 2.24) is 20.2 Å². The molecular weight excluding hydrogens is 546 g/mol. The highest BCUT2D eigenvalue weighted by Gasteiger charge is 2.34. The third-order valence-corrected chi connectivity index (χ3v) is 7.16. The Morgan fingerprint density at radius 1 is 1.05 bits per heavy atom. The molecule has 188 valence electrons. The Balaban J connectivity index is 1.49. The number of nitro groups is 1. The fourth-order valence-corrected chi connectivity index (χ4v) is 5.08. The number of hydrogen-bond donors (Lipinski definition) is 1. The smallest absolute Gasteiger partial charge is 0.267 e. The maximum Gasteiger partial charge on any atom is 0.285 e. The molecule has 0 radical (unpaired) electrons. The lowest BCUT2D eigenvalue weighted by atomic mass is 10.1. The minimum Gasteiger partial charge on any atom is -0.267 e. The quantitative estimate of drug-likeness (QED) is 0.140. The average Bonchev–Trinajstić information content (AvgIpc) is 3.46. The number of benzene rings is 3. The first kappa shape index (κ1) is 25.3. The predicted octanol–water partition coefficient (Wildman–Crippen LogP) is 5.65. The van der Waals surface area contributed by atoms with E-state index in [0.29, 0.717) is 16.8 Å². The normalized spacial score (nSPS) is 14.2. The lowest BCUT2D eigenvalue weighted by molar-refractivity contribution is -0.384. The fraction of sp³-hybridized carbons (Fsp3) is 0. The van der Waals surface area contributed by atoms with Crippen LogP contribution in [0.4, 0.5) is 5.69 Å². The number of nitro benzene ring substituents is 1. The van der Waals surface area contributed by atoms with Gasteiger partial charge in [0.2, 0.25) is 0 Å². The summed E-state index contributed by atoms with van der Waals surface area (Å²) in [5.74, 6) is -1.08. The highest BCUT2D eigenvalue weighted by Crippen LogP contribution is 2.34. The number of thioether (sulfide) groups is 1. The first-order chi connectivity index (χ1) is 18.3. The van der Waals surface area contributed by atoms with Crippen LogP contribution in [0.3, 0.4) is 0 Å². The number of para-hydroxylation sites is 1. The molecule has 1 aliphatic rings. The van der Waals surface area contributed by atoms with Gasteiger partial charge in [0.15, 0.2) is 4.32 Å². The number of rotatable bonds is 6. The van der Waals surface area contributed by atoms with Crippen LogP contribution in [0, 0.1) is 10.1 Å². The maximum absolute atomic E-state index is 13.2. The first-order valence-corrected chi connectivity index (χ1v) is 12.7. The SMILES string of the molecule is O=C(NN1C(=O)/C(=C\c2cn(-c3ccccc3)nc2-c2ccc([N+](=O)[O-])cc2)SC1=S)c1ccccc1Cl. The highest BCUT2D eigenvalue weighted by atomic mass is 35.5. The number of amides is 2. The summed E-state index contributed by atoms with van der Waals surface area (Å²) in [6.45, 7) is 0. The number of halogens is 1. The molecule has 1 N–H and O–H groups in total. The average molecular weight is 562 g/mol. The third kappa shape index (κ3) is 5.07. The summed E-state index contributed by atoms with van der Waals surface area (Å²) in [4.78, 5) is 36.8. The Bertz CT molecular complexity index is 1620. The van der Waals surface area contributed by atoms with Gasteiger partial charge in [0, 0.05) is 29.5 Å². The number of thiocarbonyl (C=S) groups is 1. The number of carbonyl (C=O) groups excluding carboxylic acids is 2. The van der Waals surface area contributed by atoms with Crippen molar-refractivity contribution in [2.75, 3.05) is 0 Å². The van der Waals surface area contributed by atoms with Gasteiger partial charge in [0.25, 0.3) is 17.5 Å². The van der Waals surface area contributed by atoms with Crippen molar-refractivity contribution < 1.29 is 14.5 Å². The number of carbonyl (C=O) groups is 2. The standard InChI is InChI=1S/C26H16ClN5O4S2/c27-21-9-5-4-8-20(21)24(33)29-31-25(34)22(38-26(31)37)14-17-15-30(18-6-2-1-3-7-18)28-23(17)16-10-12-19(13-11-16)32(35)36/h1-15H,(H,29,33)/b22-14+. The Morgan fingerprint density at radius 3 is 2.42 bits per heavy atom. The monoisotopic (exact) mass is 561 g/mol. The molecule has 1 fully saturated rings. The number of aromatic nitrogens is 2. The number of hydrogen-bond acceptors (Lipinski definition) is 7. The molecule has 1 aromatic heterocycles. The zero-order valence-corrected chi connectivity index (χ0v) is 21.7. The van der Waals surface area contributed by atoms with Crippen LogP contribution in [0.15, 0.2) is 90.0 Å². The Hall–Kier alpha value is -4.32. The van der Waals surface area contributed by atoms with E-state index in [2.05, 4.69) is 10.5 Å². The van der Waals surface area contributed by atoms with E-state index in [-0.39, 0.29) is 25.5 Å². The van der Waals surface area contributed by atoms with Crippen LogP contribution in [-0.2, 0) is 4.79 Å². The van der Waals surface area contributed by atoms with Crippen LogP contribution in [0.2, 0.25) is 5.02 Å². The first-order valence-electron chi connectivity index (χ1n) is 11.1. The molecule has 0 spiro atoms. The molecule has 2 heterocycles. The maximum atomic E-state index is 13.2. The second kappa shape index (κ2) is 10.6. The van der Waals surface area contributed by atoms with Crippen LogP contribution < -0.4 is 5.43 Å². The molecular formula is C26H16ClN5O4S2. The van der Waals surface area contributed by atoms with Crippen LogP contribution in [0.1, 0.15) is 15.9 Å². The third-order valence-electron chi connectivity index (χ3n) is 5.53. The van der Waals surface area contributed by atoms with Gasteiger partial charge < -0.3 is 0 Å².